The van der Waals surface area contributed by atoms with Gasteiger partial charge in [-0.25, -0.2) is 0 Å². The summed E-state index contributed by atoms with van der Waals surface area (Å²) < 4.78 is 5.77. The zero-order chi connectivity index (χ0) is 14.4. The fourth-order valence-electron chi connectivity index (χ4n) is 1.96. The van der Waals surface area contributed by atoms with Crippen molar-refractivity contribution in [3.05, 3.63) is 23.9 Å². The number of hydrogen-bond acceptors (Lipinski definition) is 4. The summed E-state index contributed by atoms with van der Waals surface area (Å²) >= 11 is 0. The van der Waals surface area contributed by atoms with Crippen LogP contribution >= 0.6 is 0 Å². The number of benzene rings is 1. The SMILES string of the molecule is CNCCNCc1[nH]nc2ccc(OCC(C)C)cc12. The Morgan fingerprint density at radius 3 is 2.90 bits per heavy atom. The maximum absolute atomic E-state index is 5.77. The molecule has 3 N–H and O–H groups in total. The van der Waals surface area contributed by atoms with Crippen LogP contribution in [0.25, 0.3) is 10.9 Å². The molecule has 0 saturated carbocycles. The molecule has 1 aromatic heterocycles. The van der Waals surface area contributed by atoms with E-state index in [9.17, 15) is 0 Å². The minimum Gasteiger partial charge on any atom is -0.493 e. The molecule has 2 aromatic rings. The first-order valence-electron chi connectivity index (χ1n) is 7.16. The van der Waals surface area contributed by atoms with E-state index in [2.05, 4.69) is 40.7 Å². The minimum absolute atomic E-state index is 0.526. The number of aromatic amines is 1. The zero-order valence-corrected chi connectivity index (χ0v) is 12.5. The van der Waals surface area contributed by atoms with Gasteiger partial charge in [0, 0.05) is 25.0 Å². The average Bonchev–Trinajstić information content (AvgIpc) is 2.84. The molecule has 0 bridgehead atoms. The second-order valence-corrected chi connectivity index (χ2v) is 5.37. The Morgan fingerprint density at radius 1 is 1.30 bits per heavy atom. The van der Waals surface area contributed by atoms with Gasteiger partial charge in [0.2, 0.25) is 0 Å². The average molecular weight is 276 g/mol. The fourth-order valence-corrected chi connectivity index (χ4v) is 1.96. The Hall–Kier alpha value is -1.59. The molecular formula is C15H24N4O. The number of fused-ring (bicyclic) bond motifs is 1. The first-order valence-corrected chi connectivity index (χ1v) is 7.16. The van der Waals surface area contributed by atoms with E-state index in [0.717, 1.165) is 48.6 Å². The maximum atomic E-state index is 5.77. The van der Waals surface area contributed by atoms with Gasteiger partial charge in [0.05, 0.1) is 17.8 Å². The van der Waals surface area contributed by atoms with Crippen molar-refractivity contribution >= 4 is 10.9 Å². The third-order valence-corrected chi connectivity index (χ3v) is 3.04. The van der Waals surface area contributed by atoms with Gasteiger partial charge < -0.3 is 15.4 Å². The predicted molar refractivity (Wildman–Crippen MR) is 82.1 cm³/mol. The standard InChI is InChI=1S/C15H24N4O/c1-11(2)10-20-12-4-5-14-13(8-12)15(19-18-14)9-17-7-6-16-3/h4-5,8,11,16-17H,6-7,9-10H2,1-3H3,(H,18,19). The monoisotopic (exact) mass is 276 g/mol. The van der Waals surface area contributed by atoms with E-state index >= 15 is 0 Å². The van der Waals surface area contributed by atoms with E-state index < -0.39 is 0 Å². The molecule has 0 saturated heterocycles. The molecule has 0 unspecified atom stereocenters. The molecule has 5 nitrogen and oxygen atoms in total. The van der Waals surface area contributed by atoms with E-state index in [1.165, 1.54) is 0 Å². The van der Waals surface area contributed by atoms with Crippen LogP contribution in [0, 0.1) is 5.92 Å². The van der Waals surface area contributed by atoms with Crippen molar-refractivity contribution < 1.29 is 4.74 Å². The lowest BCUT2D eigenvalue weighted by atomic mass is 10.2. The van der Waals surface area contributed by atoms with Crippen molar-refractivity contribution in [1.82, 2.24) is 20.8 Å². The number of hydrogen-bond donors (Lipinski definition) is 3. The summed E-state index contributed by atoms with van der Waals surface area (Å²) in [5, 5.41) is 15.0. The largest absolute Gasteiger partial charge is 0.493 e. The summed E-state index contributed by atoms with van der Waals surface area (Å²) in [6, 6.07) is 6.04. The van der Waals surface area contributed by atoms with E-state index in [1.54, 1.807) is 0 Å². The highest BCUT2D eigenvalue weighted by Crippen LogP contribution is 2.22. The van der Waals surface area contributed by atoms with E-state index in [-0.39, 0.29) is 0 Å². The van der Waals surface area contributed by atoms with Gasteiger partial charge in [0.25, 0.3) is 0 Å². The Bertz CT molecular complexity index is 536. The Kier molecular flexibility index (Phi) is 5.38. The first kappa shape index (κ1) is 14.8. The van der Waals surface area contributed by atoms with Crippen LogP contribution < -0.4 is 15.4 Å². The summed E-state index contributed by atoms with van der Waals surface area (Å²) in [6.07, 6.45) is 0. The third-order valence-electron chi connectivity index (χ3n) is 3.04. The van der Waals surface area contributed by atoms with Gasteiger partial charge in [-0.05, 0) is 31.2 Å². The van der Waals surface area contributed by atoms with Crippen molar-refractivity contribution in [3.63, 3.8) is 0 Å². The molecule has 0 atom stereocenters. The van der Waals surface area contributed by atoms with E-state index in [0.29, 0.717) is 5.92 Å². The third kappa shape index (κ3) is 3.95. The second kappa shape index (κ2) is 7.26. The summed E-state index contributed by atoms with van der Waals surface area (Å²) in [7, 11) is 1.95. The van der Waals surface area contributed by atoms with Gasteiger partial charge in [0.1, 0.15) is 5.75 Å². The van der Waals surface area contributed by atoms with Crippen molar-refractivity contribution in [3.8, 4) is 5.75 Å². The number of likely N-dealkylation sites (N-methyl/N-ethyl adjacent to an activating group) is 1. The summed E-state index contributed by atoms with van der Waals surface area (Å²) in [4.78, 5) is 0. The maximum Gasteiger partial charge on any atom is 0.120 e. The van der Waals surface area contributed by atoms with Crippen molar-refractivity contribution in [2.75, 3.05) is 26.7 Å². The molecule has 1 aromatic carbocycles. The topological polar surface area (TPSA) is 62.0 Å². The van der Waals surface area contributed by atoms with Gasteiger partial charge >= 0.3 is 0 Å². The van der Waals surface area contributed by atoms with Gasteiger partial charge in [-0.2, -0.15) is 5.10 Å². The number of nitrogens with zero attached hydrogens (tertiary/aromatic N) is 1. The highest BCUT2D eigenvalue weighted by molar-refractivity contribution is 5.82. The quantitative estimate of drug-likeness (QED) is 0.645. The number of aromatic nitrogens is 2. The van der Waals surface area contributed by atoms with Gasteiger partial charge in [-0.3, -0.25) is 5.10 Å². The van der Waals surface area contributed by atoms with Crippen LogP contribution in [0.5, 0.6) is 5.75 Å². The van der Waals surface area contributed by atoms with Crippen LogP contribution in [0.4, 0.5) is 0 Å². The number of rotatable bonds is 8. The fraction of sp³-hybridized carbons (Fsp3) is 0.533. The lowest BCUT2D eigenvalue weighted by Crippen LogP contribution is -2.24. The first-order chi connectivity index (χ1) is 9.70. The van der Waals surface area contributed by atoms with Crippen LogP contribution in [-0.2, 0) is 6.54 Å². The molecule has 0 radical (unpaired) electrons. The second-order valence-electron chi connectivity index (χ2n) is 5.37. The summed E-state index contributed by atoms with van der Waals surface area (Å²) in [5.41, 5.74) is 2.08. The molecule has 0 spiro atoms. The molecule has 0 aliphatic rings. The molecular weight excluding hydrogens is 252 g/mol. The van der Waals surface area contributed by atoms with Crippen molar-refractivity contribution in [2.45, 2.75) is 20.4 Å². The molecule has 0 aliphatic carbocycles. The van der Waals surface area contributed by atoms with E-state index in [1.807, 2.05) is 19.2 Å². The molecule has 110 valence electrons. The predicted octanol–water partition coefficient (Wildman–Crippen LogP) is 1.91. The normalized spacial score (nSPS) is 11.4. The Balaban J connectivity index is 2.05. The van der Waals surface area contributed by atoms with Crippen LogP contribution in [0.2, 0.25) is 0 Å². The number of ether oxygens (including phenoxy) is 1. The van der Waals surface area contributed by atoms with Crippen LogP contribution in [0.15, 0.2) is 18.2 Å². The molecule has 0 fully saturated rings. The van der Waals surface area contributed by atoms with Crippen LogP contribution in [0.1, 0.15) is 19.5 Å². The number of H-pyrrole nitrogens is 1. The molecule has 5 heteroatoms. The molecule has 0 aliphatic heterocycles. The highest BCUT2D eigenvalue weighted by Gasteiger charge is 2.07. The van der Waals surface area contributed by atoms with Crippen molar-refractivity contribution in [2.24, 2.45) is 5.92 Å². The Morgan fingerprint density at radius 2 is 2.15 bits per heavy atom. The molecule has 0 amide bonds. The van der Waals surface area contributed by atoms with Crippen molar-refractivity contribution in [1.29, 1.82) is 0 Å². The van der Waals surface area contributed by atoms with Gasteiger partial charge in [0.15, 0.2) is 0 Å². The summed E-state index contributed by atoms with van der Waals surface area (Å²) in [6.45, 7) is 7.70. The van der Waals surface area contributed by atoms with Gasteiger partial charge in [-0.15, -0.1) is 0 Å². The van der Waals surface area contributed by atoms with Crippen LogP contribution in [0.3, 0.4) is 0 Å². The molecule has 1 heterocycles. The van der Waals surface area contributed by atoms with E-state index in [4.69, 9.17) is 4.74 Å². The van der Waals surface area contributed by atoms with Crippen LogP contribution in [-0.4, -0.2) is 36.9 Å². The Labute approximate surface area is 120 Å². The van der Waals surface area contributed by atoms with Gasteiger partial charge in [-0.1, -0.05) is 13.8 Å². The smallest absolute Gasteiger partial charge is 0.120 e. The highest BCUT2D eigenvalue weighted by atomic mass is 16.5. The molecule has 2 rings (SSSR count). The summed E-state index contributed by atoms with van der Waals surface area (Å²) in [5.74, 6) is 1.43. The molecule has 20 heavy (non-hydrogen) atoms. The number of nitrogens with one attached hydrogen (secondary N) is 3. The zero-order valence-electron chi connectivity index (χ0n) is 12.5. The minimum atomic E-state index is 0.526. The lowest BCUT2D eigenvalue weighted by molar-refractivity contribution is 0.271. The lowest BCUT2D eigenvalue weighted by Gasteiger charge is -2.08.